The minimum Gasteiger partial charge on any atom is -0.444 e. The Morgan fingerprint density at radius 1 is 1.06 bits per heavy atom. The van der Waals surface area contributed by atoms with Gasteiger partial charge in [-0.25, -0.2) is 4.79 Å². The number of hydrazine groups is 1. The summed E-state index contributed by atoms with van der Waals surface area (Å²) in [4.78, 5) is 48.3. The highest BCUT2D eigenvalue weighted by Gasteiger charge is 2.21. The molecule has 4 N–H and O–H groups in total. The summed E-state index contributed by atoms with van der Waals surface area (Å²) in [5.74, 6) is -0.142. The fourth-order valence-corrected chi connectivity index (χ4v) is 3.64. The number of thioether (sulfide) groups is 2. The largest absolute Gasteiger partial charge is 0.444 e. The van der Waals surface area contributed by atoms with Gasteiger partial charge in [-0.1, -0.05) is 36.9 Å². The van der Waals surface area contributed by atoms with Crippen molar-refractivity contribution in [3.05, 3.63) is 29.8 Å². The summed E-state index contributed by atoms with van der Waals surface area (Å²) in [5, 5.41) is 4.91. The Kier molecular flexibility index (Phi) is 12.7. The van der Waals surface area contributed by atoms with Crippen LogP contribution in [0.2, 0.25) is 0 Å². The summed E-state index contributed by atoms with van der Waals surface area (Å²) < 4.78 is 5.24. The van der Waals surface area contributed by atoms with Crippen LogP contribution in [0, 0.1) is 0 Å². The molecule has 0 radical (unpaired) electrons. The molecule has 0 aromatic heterocycles. The highest BCUT2D eigenvalue weighted by atomic mass is 32.2. The van der Waals surface area contributed by atoms with E-state index in [4.69, 9.17) is 4.74 Å². The zero-order valence-corrected chi connectivity index (χ0v) is 21.4. The molecule has 9 nitrogen and oxygen atoms in total. The molecule has 1 atom stereocenters. The van der Waals surface area contributed by atoms with Gasteiger partial charge in [0.25, 0.3) is 5.24 Å². The maximum absolute atomic E-state index is 12.2. The molecule has 0 aliphatic rings. The van der Waals surface area contributed by atoms with Crippen LogP contribution in [-0.2, 0) is 20.7 Å². The smallest absolute Gasteiger partial charge is 0.407 e. The van der Waals surface area contributed by atoms with Crippen molar-refractivity contribution >= 4 is 52.4 Å². The number of ether oxygens (including phenoxy) is 1. The van der Waals surface area contributed by atoms with E-state index in [-0.39, 0.29) is 18.1 Å². The number of anilines is 1. The van der Waals surface area contributed by atoms with Crippen LogP contribution in [-0.4, -0.2) is 52.6 Å². The molecule has 0 spiro atoms. The number of aryl methyl sites for hydroxylation is 1. The average molecular weight is 499 g/mol. The van der Waals surface area contributed by atoms with E-state index in [9.17, 15) is 19.2 Å². The van der Waals surface area contributed by atoms with E-state index in [2.05, 4.69) is 21.5 Å². The van der Waals surface area contributed by atoms with Crippen molar-refractivity contribution in [1.82, 2.24) is 16.2 Å². The molecule has 0 aliphatic heterocycles. The Morgan fingerprint density at radius 2 is 1.76 bits per heavy atom. The van der Waals surface area contributed by atoms with Crippen molar-refractivity contribution in [3.8, 4) is 0 Å². The Morgan fingerprint density at radius 3 is 2.39 bits per heavy atom. The number of rotatable bonds is 10. The second kappa shape index (κ2) is 14.7. The van der Waals surface area contributed by atoms with Crippen molar-refractivity contribution in [1.29, 1.82) is 0 Å². The summed E-state index contributed by atoms with van der Waals surface area (Å²) in [6.07, 6.45) is 2.64. The second-order valence-corrected chi connectivity index (χ2v) is 10.1. The number of para-hydroxylation sites is 1. The van der Waals surface area contributed by atoms with Gasteiger partial charge in [0, 0.05) is 18.2 Å². The third-order valence-corrected chi connectivity index (χ3v) is 5.55. The fourth-order valence-electron chi connectivity index (χ4n) is 2.66. The summed E-state index contributed by atoms with van der Waals surface area (Å²) in [7, 11) is 0. The average Bonchev–Trinajstić information content (AvgIpc) is 2.73. The number of alkyl carbamates (subject to hydrolysis) is 1. The predicted octanol–water partition coefficient (Wildman–Crippen LogP) is 3.70. The van der Waals surface area contributed by atoms with Crippen molar-refractivity contribution in [3.63, 3.8) is 0 Å². The van der Waals surface area contributed by atoms with E-state index in [1.807, 2.05) is 31.4 Å². The lowest BCUT2D eigenvalue weighted by atomic mass is 10.1. The van der Waals surface area contributed by atoms with Crippen LogP contribution in [0.5, 0.6) is 0 Å². The van der Waals surface area contributed by atoms with Gasteiger partial charge >= 0.3 is 6.09 Å². The molecule has 1 rings (SSSR count). The topological polar surface area (TPSA) is 126 Å². The summed E-state index contributed by atoms with van der Waals surface area (Å²) in [6, 6.07) is 7.01. The first-order chi connectivity index (χ1) is 15.5. The summed E-state index contributed by atoms with van der Waals surface area (Å²) >= 11 is 2.33. The maximum atomic E-state index is 12.2. The first kappa shape index (κ1) is 28.6. The van der Waals surface area contributed by atoms with Gasteiger partial charge in [-0.05, 0) is 57.3 Å². The minimum atomic E-state index is -0.646. The third kappa shape index (κ3) is 13.0. The van der Waals surface area contributed by atoms with Crippen molar-refractivity contribution in [2.24, 2.45) is 0 Å². The summed E-state index contributed by atoms with van der Waals surface area (Å²) in [6.45, 7) is 7.26. The molecular weight excluding hydrogens is 464 g/mol. The van der Waals surface area contributed by atoms with Crippen LogP contribution in [0.4, 0.5) is 15.3 Å². The van der Waals surface area contributed by atoms with E-state index in [0.29, 0.717) is 12.1 Å². The molecule has 0 saturated heterocycles. The van der Waals surface area contributed by atoms with E-state index in [1.54, 1.807) is 38.6 Å². The van der Waals surface area contributed by atoms with Crippen molar-refractivity contribution < 1.29 is 23.9 Å². The SMILES string of the molecule is CCc1ccccc1NC(=O)CSC(=O)NNC(=O)C[C@H](CCSC)NC(=O)OC(C)(C)C. The number of carbonyl (C=O) groups excluding carboxylic acids is 4. The lowest BCUT2D eigenvalue weighted by molar-refractivity contribution is -0.122. The molecule has 1 aromatic carbocycles. The van der Waals surface area contributed by atoms with E-state index < -0.39 is 28.9 Å². The van der Waals surface area contributed by atoms with E-state index >= 15 is 0 Å². The lowest BCUT2D eigenvalue weighted by Gasteiger charge is -2.23. The highest BCUT2D eigenvalue weighted by molar-refractivity contribution is 8.14. The maximum Gasteiger partial charge on any atom is 0.407 e. The number of amides is 4. The van der Waals surface area contributed by atoms with Crippen LogP contribution >= 0.6 is 23.5 Å². The van der Waals surface area contributed by atoms with Gasteiger partial charge < -0.3 is 15.4 Å². The molecule has 0 aliphatic carbocycles. The molecule has 1 aromatic rings. The molecule has 184 valence electrons. The standard InChI is InChI=1S/C22H34N4O5S2/c1-6-15-9-7-8-10-17(15)24-19(28)14-33-21(30)26-25-18(27)13-16(11-12-32-5)23-20(29)31-22(2,3)4/h7-10,16H,6,11-14H2,1-5H3,(H,23,29)(H,24,28)(H,25,27)(H,26,30)/t16-/m0/s1. The van der Waals surface area contributed by atoms with Gasteiger partial charge in [0.15, 0.2) is 0 Å². The van der Waals surface area contributed by atoms with Gasteiger partial charge in [-0.15, -0.1) is 0 Å². The van der Waals surface area contributed by atoms with Crippen molar-refractivity contribution in [2.75, 3.05) is 23.1 Å². The van der Waals surface area contributed by atoms with Gasteiger partial charge in [0.1, 0.15) is 5.60 Å². The second-order valence-electron chi connectivity index (χ2n) is 8.14. The lowest BCUT2D eigenvalue weighted by Crippen LogP contribution is -2.45. The van der Waals surface area contributed by atoms with E-state index in [0.717, 1.165) is 29.5 Å². The quantitative estimate of drug-likeness (QED) is 0.362. The molecule has 0 saturated carbocycles. The van der Waals surface area contributed by atoms with E-state index in [1.165, 1.54) is 0 Å². The van der Waals surface area contributed by atoms with Crippen LogP contribution in [0.25, 0.3) is 0 Å². The number of benzene rings is 1. The van der Waals surface area contributed by atoms with Gasteiger partial charge in [0.05, 0.1) is 5.75 Å². The minimum absolute atomic E-state index is 0.0287. The molecular formula is C22H34N4O5S2. The molecule has 0 unspecified atom stereocenters. The Balaban J connectivity index is 2.42. The highest BCUT2D eigenvalue weighted by Crippen LogP contribution is 2.16. The van der Waals surface area contributed by atoms with Crippen LogP contribution in [0.1, 0.15) is 46.1 Å². The Labute approximate surface area is 203 Å². The van der Waals surface area contributed by atoms with Crippen LogP contribution < -0.4 is 21.5 Å². The zero-order valence-electron chi connectivity index (χ0n) is 19.8. The Hall–Kier alpha value is -2.40. The first-order valence-corrected chi connectivity index (χ1v) is 13.0. The van der Waals surface area contributed by atoms with Crippen molar-refractivity contribution in [2.45, 2.75) is 58.6 Å². The molecule has 33 heavy (non-hydrogen) atoms. The first-order valence-electron chi connectivity index (χ1n) is 10.6. The number of carbonyl (C=O) groups is 4. The summed E-state index contributed by atoms with van der Waals surface area (Å²) in [5.41, 5.74) is 5.66. The number of hydrogen-bond donors (Lipinski definition) is 4. The van der Waals surface area contributed by atoms with Gasteiger partial charge in [-0.2, -0.15) is 11.8 Å². The fraction of sp³-hybridized carbons (Fsp3) is 0.545. The van der Waals surface area contributed by atoms with Crippen LogP contribution in [0.15, 0.2) is 24.3 Å². The molecule has 0 fully saturated rings. The molecule has 0 heterocycles. The molecule has 4 amide bonds. The zero-order chi connectivity index (χ0) is 24.9. The molecule has 0 bridgehead atoms. The normalized spacial score (nSPS) is 11.8. The predicted molar refractivity (Wildman–Crippen MR) is 134 cm³/mol. The Bertz CT molecular complexity index is 814. The number of nitrogens with one attached hydrogen (secondary N) is 4. The van der Waals surface area contributed by atoms with Gasteiger partial charge in [-0.3, -0.25) is 25.2 Å². The molecule has 11 heteroatoms. The van der Waals surface area contributed by atoms with Crippen LogP contribution in [0.3, 0.4) is 0 Å². The number of hydrogen-bond acceptors (Lipinski definition) is 7. The third-order valence-electron chi connectivity index (χ3n) is 4.13. The monoisotopic (exact) mass is 498 g/mol. The van der Waals surface area contributed by atoms with Gasteiger partial charge in [0.2, 0.25) is 11.8 Å².